The van der Waals surface area contributed by atoms with Crippen molar-refractivity contribution in [2.75, 3.05) is 6.54 Å². The highest BCUT2D eigenvalue weighted by atomic mass is 16.1. The van der Waals surface area contributed by atoms with Crippen LogP contribution in [0, 0.1) is 12.8 Å². The topological polar surface area (TPSA) is 60.9 Å². The molecule has 1 aliphatic rings. The van der Waals surface area contributed by atoms with Gasteiger partial charge in [0, 0.05) is 18.3 Å². The van der Waals surface area contributed by atoms with E-state index in [9.17, 15) is 4.79 Å². The molecular weight excluding hydrogens is 190 g/mol. The molecule has 4 nitrogen and oxygen atoms in total. The van der Waals surface area contributed by atoms with E-state index in [2.05, 4.69) is 4.98 Å². The van der Waals surface area contributed by atoms with Crippen LogP contribution >= 0.6 is 0 Å². The molecular formula is C11H17N3O. The maximum atomic E-state index is 11.8. The van der Waals surface area contributed by atoms with Gasteiger partial charge in [0.2, 0.25) is 0 Å². The van der Waals surface area contributed by atoms with E-state index in [1.54, 1.807) is 17.0 Å². The highest BCUT2D eigenvalue weighted by Crippen LogP contribution is 2.42. The molecule has 2 N–H and O–H groups in total. The van der Waals surface area contributed by atoms with Gasteiger partial charge in [0.05, 0.1) is 11.9 Å². The second kappa shape index (κ2) is 3.45. The van der Waals surface area contributed by atoms with Crippen molar-refractivity contribution in [3.8, 4) is 0 Å². The van der Waals surface area contributed by atoms with Gasteiger partial charge in [-0.15, -0.1) is 0 Å². The summed E-state index contributed by atoms with van der Waals surface area (Å²) in [5.74, 6) is 0.532. The summed E-state index contributed by atoms with van der Waals surface area (Å²) >= 11 is 0. The van der Waals surface area contributed by atoms with Gasteiger partial charge >= 0.3 is 0 Å². The Morgan fingerprint density at radius 2 is 2.33 bits per heavy atom. The van der Waals surface area contributed by atoms with Gasteiger partial charge < -0.3 is 5.73 Å². The summed E-state index contributed by atoms with van der Waals surface area (Å²) in [7, 11) is 0. The fourth-order valence-corrected chi connectivity index (χ4v) is 2.04. The van der Waals surface area contributed by atoms with E-state index in [4.69, 9.17) is 5.73 Å². The van der Waals surface area contributed by atoms with E-state index in [0.717, 1.165) is 18.5 Å². The van der Waals surface area contributed by atoms with E-state index < -0.39 is 0 Å². The molecule has 1 saturated carbocycles. The first-order valence-corrected chi connectivity index (χ1v) is 5.34. The van der Waals surface area contributed by atoms with E-state index in [1.807, 2.05) is 13.8 Å². The average molecular weight is 207 g/mol. The Bertz CT molecular complexity index is 422. The van der Waals surface area contributed by atoms with Gasteiger partial charge in [0.1, 0.15) is 0 Å². The van der Waals surface area contributed by atoms with Crippen molar-refractivity contribution >= 4 is 0 Å². The zero-order chi connectivity index (χ0) is 11.1. The minimum atomic E-state index is -0.252. The molecule has 0 aromatic carbocycles. The quantitative estimate of drug-likeness (QED) is 0.791. The van der Waals surface area contributed by atoms with E-state index >= 15 is 0 Å². The Balaban J connectivity index is 2.47. The van der Waals surface area contributed by atoms with Crippen molar-refractivity contribution in [1.82, 2.24) is 9.55 Å². The summed E-state index contributed by atoms with van der Waals surface area (Å²) in [4.78, 5) is 16.0. The molecule has 1 unspecified atom stereocenters. The number of rotatable bonds is 3. The first-order chi connectivity index (χ1) is 7.08. The van der Waals surface area contributed by atoms with Crippen LogP contribution in [-0.4, -0.2) is 16.1 Å². The molecule has 0 saturated heterocycles. The lowest BCUT2D eigenvalue weighted by molar-refractivity contribution is 0.269. The maximum Gasteiger partial charge on any atom is 0.254 e. The van der Waals surface area contributed by atoms with Crippen molar-refractivity contribution in [3.63, 3.8) is 0 Å². The standard InChI is InChI=1S/C11H17N3O/c1-8-5-10(15)14(7-13-8)11(2,6-12)9-3-4-9/h5,7,9H,3-4,6,12H2,1-2H3. The van der Waals surface area contributed by atoms with Crippen LogP contribution in [0.3, 0.4) is 0 Å². The predicted octanol–water partition coefficient (Wildman–Crippen LogP) is 0.636. The molecule has 0 spiro atoms. The minimum Gasteiger partial charge on any atom is -0.328 e. The SMILES string of the molecule is Cc1cc(=O)n(C(C)(CN)C2CC2)cn1. The number of aryl methyl sites for hydroxylation is 1. The fourth-order valence-electron chi connectivity index (χ4n) is 2.04. The predicted molar refractivity (Wildman–Crippen MR) is 58.7 cm³/mol. The summed E-state index contributed by atoms with van der Waals surface area (Å²) in [6.07, 6.45) is 3.95. The Morgan fingerprint density at radius 1 is 1.67 bits per heavy atom. The van der Waals surface area contributed by atoms with Crippen LogP contribution in [0.25, 0.3) is 0 Å². The Morgan fingerprint density at radius 3 is 2.80 bits per heavy atom. The zero-order valence-electron chi connectivity index (χ0n) is 9.23. The summed E-state index contributed by atoms with van der Waals surface area (Å²) in [6.45, 7) is 4.36. The fraction of sp³-hybridized carbons (Fsp3) is 0.636. The second-order valence-corrected chi connectivity index (χ2v) is 4.57. The lowest BCUT2D eigenvalue weighted by Crippen LogP contribution is -2.46. The van der Waals surface area contributed by atoms with Crippen molar-refractivity contribution in [1.29, 1.82) is 0 Å². The van der Waals surface area contributed by atoms with Crippen LogP contribution in [0.15, 0.2) is 17.2 Å². The summed E-state index contributed by atoms with van der Waals surface area (Å²) < 4.78 is 1.69. The molecule has 1 aromatic heterocycles. The van der Waals surface area contributed by atoms with Gasteiger partial charge in [-0.3, -0.25) is 9.36 Å². The lowest BCUT2D eigenvalue weighted by Gasteiger charge is -2.30. The molecule has 0 bridgehead atoms. The van der Waals surface area contributed by atoms with E-state index in [1.165, 1.54) is 0 Å². The maximum absolute atomic E-state index is 11.8. The second-order valence-electron chi connectivity index (χ2n) is 4.57. The minimum absolute atomic E-state index is 0.00218. The summed E-state index contributed by atoms with van der Waals surface area (Å²) in [5.41, 5.74) is 6.31. The largest absolute Gasteiger partial charge is 0.328 e. The molecule has 0 aliphatic heterocycles. The lowest BCUT2D eigenvalue weighted by atomic mass is 9.95. The van der Waals surface area contributed by atoms with Gasteiger partial charge in [0.25, 0.3) is 5.56 Å². The van der Waals surface area contributed by atoms with E-state index in [0.29, 0.717) is 12.5 Å². The molecule has 2 rings (SSSR count). The van der Waals surface area contributed by atoms with Gasteiger partial charge in [-0.1, -0.05) is 0 Å². The monoisotopic (exact) mass is 207 g/mol. The number of aromatic nitrogens is 2. The molecule has 1 atom stereocenters. The Hall–Kier alpha value is -1.16. The molecule has 1 fully saturated rings. The number of hydrogen-bond acceptors (Lipinski definition) is 3. The normalized spacial score (nSPS) is 19.9. The highest BCUT2D eigenvalue weighted by molar-refractivity contribution is 5.04. The van der Waals surface area contributed by atoms with Crippen LogP contribution in [0.1, 0.15) is 25.5 Å². The molecule has 15 heavy (non-hydrogen) atoms. The van der Waals surface area contributed by atoms with Crippen LogP contribution in [0.2, 0.25) is 0 Å². The molecule has 4 heteroatoms. The van der Waals surface area contributed by atoms with Gasteiger partial charge in [-0.05, 0) is 32.6 Å². The first kappa shape index (κ1) is 10.4. The molecule has 1 aromatic rings. The van der Waals surface area contributed by atoms with Crippen LogP contribution in [-0.2, 0) is 5.54 Å². The molecule has 82 valence electrons. The number of hydrogen-bond donors (Lipinski definition) is 1. The smallest absolute Gasteiger partial charge is 0.254 e. The van der Waals surface area contributed by atoms with Crippen molar-refractivity contribution < 1.29 is 0 Å². The number of nitrogens with two attached hydrogens (primary N) is 1. The zero-order valence-corrected chi connectivity index (χ0v) is 9.23. The van der Waals surface area contributed by atoms with Crippen LogP contribution in [0.5, 0.6) is 0 Å². The first-order valence-electron chi connectivity index (χ1n) is 5.34. The van der Waals surface area contributed by atoms with Crippen molar-refractivity contribution in [2.45, 2.75) is 32.2 Å². The van der Waals surface area contributed by atoms with Gasteiger partial charge in [-0.2, -0.15) is 0 Å². The molecule has 1 heterocycles. The van der Waals surface area contributed by atoms with Gasteiger partial charge in [0.15, 0.2) is 0 Å². The third-order valence-electron chi connectivity index (χ3n) is 3.37. The van der Waals surface area contributed by atoms with Crippen LogP contribution < -0.4 is 11.3 Å². The summed E-state index contributed by atoms with van der Waals surface area (Å²) in [6, 6.07) is 1.57. The highest BCUT2D eigenvalue weighted by Gasteiger charge is 2.42. The molecule has 1 aliphatic carbocycles. The van der Waals surface area contributed by atoms with E-state index in [-0.39, 0.29) is 11.1 Å². The van der Waals surface area contributed by atoms with Crippen molar-refractivity contribution in [3.05, 3.63) is 28.4 Å². The van der Waals surface area contributed by atoms with Crippen molar-refractivity contribution in [2.24, 2.45) is 11.7 Å². The Kier molecular flexibility index (Phi) is 2.38. The third-order valence-corrected chi connectivity index (χ3v) is 3.37. The van der Waals surface area contributed by atoms with Gasteiger partial charge in [-0.25, -0.2) is 4.98 Å². The molecule has 0 radical (unpaired) electrons. The average Bonchev–Trinajstić information content (AvgIpc) is 3.00. The summed E-state index contributed by atoms with van der Waals surface area (Å²) in [5, 5.41) is 0. The number of nitrogens with zero attached hydrogens (tertiary/aromatic N) is 2. The third kappa shape index (κ3) is 1.69. The van der Waals surface area contributed by atoms with Crippen LogP contribution in [0.4, 0.5) is 0 Å². The molecule has 0 amide bonds. The Labute approximate surface area is 89.1 Å².